The molecule has 1 aromatic carbocycles. The van der Waals surface area contributed by atoms with E-state index in [1.54, 1.807) is 68.8 Å². The Hall–Kier alpha value is -3.34. The van der Waals surface area contributed by atoms with Gasteiger partial charge in [-0.2, -0.15) is 0 Å². The molecule has 0 unspecified atom stereocenters. The molecule has 3 aliphatic heterocycles. The fourth-order valence-corrected chi connectivity index (χ4v) is 10.3. The molecule has 2 amide bonds. The zero-order valence-electron chi connectivity index (χ0n) is 41.1. The standard InChI is InChI=1S/C47H78N6O13/c1-14-35-46(10,59)39(55)31(6)48-25-27(2)23-44(8,58)40(66-42-37(54)34(22-28(3)62-42)52(12)43(57)51(11)33-18-16-15-17-19-33)29(4)38(30(5)41(56)64-35)65-36-24-45(9,61-13)47(60,32(7)63-36)26-53-21-20-49-50-53/h15-21,27-32,34-40,42,48,54-55,58-60H,14,22-26H2,1-13H3/t27-,28-,29+,30-,31-,32+,34+,35-,36+,37-,38+,39-,40-,42+,44-,45-,46-,47+/m1/s1. The third kappa shape index (κ3) is 11.4. The zero-order valence-corrected chi connectivity index (χ0v) is 41.1. The number of aliphatic hydroxyl groups excluding tert-OH is 2. The van der Waals surface area contributed by atoms with Crippen LogP contribution in [0.1, 0.15) is 94.9 Å². The van der Waals surface area contributed by atoms with Crippen LogP contribution in [-0.4, -0.2) is 175 Å². The monoisotopic (exact) mass is 935 g/mol. The summed E-state index contributed by atoms with van der Waals surface area (Å²) >= 11 is 0. The van der Waals surface area contributed by atoms with Gasteiger partial charge in [0, 0.05) is 51.5 Å². The van der Waals surface area contributed by atoms with E-state index in [2.05, 4.69) is 15.6 Å². The van der Waals surface area contributed by atoms with Gasteiger partial charge in [-0.25, -0.2) is 9.48 Å². The summed E-state index contributed by atoms with van der Waals surface area (Å²) in [4.78, 5) is 31.4. The lowest BCUT2D eigenvalue weighted by Gasteiger charge is -2.53. The lowest BCUT2D eigenvalue weighted by Crippen LogP contribution is -2.68. The van der Waals surface area contributed by atoms with Crippen LogP contribution in [0.25, 0.3) is 0 Å². The van der Waals surface area contributed by atoms with Crippen molar-refractivity contribution in [3.05, 3.63) is 42.7 Å². The minimum atomic E-state index is -1.87. The first-order valence-electron chi connectivity index (χ1n) is 23.4. The van der Waals surface area contributed by atoms with Crippen molar-refractivity contribution in [1.29, 1.82) is 0 Å². The Morgan fingerprint density at radius 1 is 0.985 bits per heavy atom. The molecule has 4 heterocycles. The summed E-state index contributed by atoms with van der Waals surface area (Å²) in [5.41, 5.74) is -5.84. The van der Waals surface area contributed by atoms with Crippen LogP contribution in [0, 0.1) is 17.8 Å². The third-order valence-electron chi connectivity index (χ3n) is 14.6. The summed E-state index contributed by atoms with van der Waals surface area (Å²) in [5, 5.41) is 71.6. The molecule has 0 spiro atoms. The van der Waals surface area contributed by atoms with Crippen LogP contribution < -0.4 is 10.2 Å². The second kappa shape index (κ2) is 21.5. The minimum Gasteiger partial charge on any atom is -0.459 e. The lowest BCUT2D eigenvalue weighted by molar-refractivity contribution is -0.340. The molecule has 0 bridgehead atoms. The number of cyclic esters (lactones) is 1. The highest BCUT2D eigenvalue weighted by Gasteiger charge is 2.59. The number of anilines is 1. The Balaban J connectivity index is 1.55. The quantitative estimate of drug-likeness (QED) is 0.188. The van der Waals surface area contributed by atoms with Crippen molar-refractivity contribution in [2.45, 2.75) is 191 Å². The Morgan fingerprint density at radius 2 is 1.65 bits per heavy atom. The highest BCUT2D eigenvalue weighted by atomic mass is 16.7. The summed E-state index contributed by atoms with van der Waals surface area (Å²) in [5.74, 6) is -3.06. The topological polar surface area (TPSA) is 240 Å². The Morgan fingerprint density at radius 3 is 2.26 bits per heavy atom. The first-order valence-corrected chi connectivity index (χ1v) is 23.4. The van der Waals surface area contributed by atoms with Crippen molar-refractivity contribution in [3.8, 4) is 0 Å². The number of hydrogen-bond donors (Lipinski definition) is 6. The second-order valence-electron chi connectivity index (χ2n) is 19.9. The van der Waals surface area contributed by atoms with E-state index in [0.29, 0.717) is 12.2 Å². The highest BCUT2D eigenvalue weighted by Crippen LogP contribution is 2.44. The van der Waals surface area contributed by atoms with E-state index in [1.165, 1.54) is 34.7 Å². The molecule has 19 nitrogen and oxygen atoms in total. The zero-order chi connectivity index (χ0) is 49.1. The fourth-order valence-electron chi connectivity index (χ4n) is 10.3. The van der Waals surface area contributed by atoms with E-state index in [-0.39, 0.29) is 44.2 Å². The molecule has 66 heavy (non-hydrogen) atoms. The molecular formula is C47H78N6O13. The number of para-hydroxylation sites is 1. The number of hydrogen-bond acceptors (Lipinski definition) is 16. The lowest BCUT2D eigenvalue weighted by atomic mass is 9.75. The number of aliphatic hydroxyl groups is 5. The summed E-state index contributed by atoms with van der Waals surface area (Å²) < 4.78 is 40.1. The first-order chi connectivity index (χ1) is 30.8. The number of urea groups is 1. The van der Waals surface area contributed by atoms with Crippen molar-refractivity contribution in [3.63, 3.8) is 0 Å². The van der Waals surface area contributed by atoms with Crippen LogP contribution in [0.5, 0.6) is 0 Å². The Kier molecular flexibility index (Phi) is 17.5. The van der Waals surface area contributed by atoms with Gasteiger partial charge in [-0.1, -0.05) is 44.2 Å². The number of aromatic nitrogens is 3. The number of rotatable bonds is 10. The number of carbonyl (C=O) groups is 2. The van der Waals surface area contributed by atoms with Crippen LogP contribution in [0.3, 0.4) is 0 Å². The van der Waals surface area contributed by atoms with E-state index >= 15 is 0 Å². The SMILES string of the molecule is CC[C@H]1OC(=O)[C@H](C)[C@@H](O[C@H]2C[C@@](C)(OC)[C@](O)(Cn3ccnn3)[C@H](C)O2)[C@H](C)[C@@H](O[C@@H]2O[C@H](C)C[C@H](N(C)C(=O)N(C)c3ccccc3)[C@H]2O)[C@](C)(O)C[C@@H](C)CN[C@H](C)[C@@H](O)[C@]1(C)O. The number of carbonyl (C=O) groups excluding carboxylic acids is 2. The van der Waals surface area contributed by atoms with E-state index in [0.717, 1.165) is 0 Å². The van der Waals surface area contributed by atoms with Gasteiger partial charge in [0.2, 0.25) is 0 Å². The fraction of sp³-hybridized carbons (Fsp3) is 0.787. The molecule has 5 rings (SSSR count). The predicted molar refractivity (Wildman–Crippen MR) is 243 cm³/mol. The number of ether oxygens (including phenoxy) is 6. The summed E-state index contributed by atoms with van der Waals surface area (Å²) in [6.07, 6.45) is -6.50. The maximum Gasteiger partial charge on any atom is 0.324 e. The molecule has 3 aliphatic rings. The predicted octanol–water partition coefficient (Wildman–Crippen LogP) is 2.85. The van der Waals surface area contributed by atoms with Crippen molar-refractivity contribution in [2.75, 3.05) is 32.6 Å². The van der Waals surface area contributed by atoms with Gasteiger partial charge in [0.15, 0.2) is 12.6 Å². The van der Waals surface area contributed by atoms with E-state index in [4.69, 9.17) is 28.4 Å². The second-order valence-corrected chi connectivity index (χ2v) is 19.9. The number of esters is 1. The van der Waals surface area contributed by atoms with Gasteiger partial charge >= 0.3 is 12.0 Å². The Labute approximate surface area is 390 Å². The van der Waals surface area contributed by atoms with E-state index in [1.807, 2.05) is 44.2 Å². The molecule has 0 saturated carbocycles. The summed E-state index contributed by atoms with van der Waals surface area (Å²) in [6, 6.07) is 7.35. The van der Waals surface area contributed by atoms with Crippen molar-refractivity contribution < 1.29 is 63.5 Å². The van der Waals surface area contributed by atoms with Crippen LogP contribution in [0.4, 0.5) is 10.5 Å². The largest absolute Gasteiger partial charge is 0.459 e. The number of nitrogens with zero attached hydrogens (tertiary/aromatic N) is 5. The van der Waals surface area contributed by atoms with Crippen LogP contribution in [0.2, 0.25) is 0 Å². The number of nitrogens with one attached hydrogen (secondary N) is 1. The molecule has 3 fully saturated rings. The van der Waals surface area contributed by atoms with E-state index in [9.17, 15) is 35.1 Å². The third-order valence-corrected chi connectivity index (χ3v) is 14.6. The van der Waals surface area contributed by atoms with Gasteiger partial charge in [-0.15, -0.1) is 5.10 Å². The van der Waals surface area contributed by atoms with Gasteiger partial charge in [0.05, 0.1) is 54.7 Å². The number of methoxy groups -OCH3 is 1. The molecule has 2 aromatic rings. The number of likely N-dealkylation sites (N-methyl/N-ethyl adjacent to an activating group) is 1. The van der Waals surface area contributed by atoms with Crippen LogP contribution >= 0.6 is 0 Å². The summed E-state index contributed by atoms with van der Waals surface area (Å²) in [7, 11) is 4.75. The van der Waals surface area contributed by atoms with Crippen LogP contribution in [0.15, 0.2) is 42.7 Å². The number of amides is 2. The molecule has 6 N–H and O–H groups in total. The molecule has 19 heteroatoms. The normalized spacial score (nSPS) is 42.1. The maximum absolute atomic E-state index is 14.5. The molecule has 374 valence electrons. The first kappa shape index (κ1) is 53.6. The average Bonchev–Trinajstić information content (AvgIpc) is 3.79. The number of benzene rings is 1. The van der Waals surface area contributed by atoms with Gasteiger partial charge in [0.1, 0.15) is 35.1 Å². The van der Waals surface area contributed by atoms with Crippen molar-refractivity contribution in [1.82, 2.24) is 25.2 Å². The van der Waals surface area contributed by atoms with Gasteiger partial charge in [0.25, 0.3) is 0 Å². The smallest absolute Gasteiger partial charge is 0.324 e. The van der Waals surface area contributed by atoms with Crippen molar-refractivity contribution >= 4 is 17.7 Å². The molecule has 1 aromatic heterocycles. The van der Waals surface area contributed by atoms with Gasteiger partial charge < -0.3 is 64.2 Å². The van der Waals surface area contributed by atoms with Gasteiger partial charge in [-0.3, -0.25) is 9.69 Å². The van der Waals surface area contributed by atoms with Crippen molar-refractivity contribution in [2.24, 2.45) is 17.8 Å². The molecular weight excluding hydrogens is 857 g/mol. The summed E-state index contributed by atoms with van der Waals surface area (Å²) in [6.45, 7) is 17.3. The Bertz CT molecular complexity index is 1860. The molecule has 0 radical (unpaired) electrons. The average molecular weight is 935 g/mol. The molecule has 0 aliphatic carbocycles. The molecule has 3 saturated heterocycles. The maximum atomic E-state index is 14.5. The van der Waals surface area contributed by atoms with E-state index < -0.39 is 108 Å². The van der Waals surface area contributed by atoms with Crippen LogP contribution in [-0.2, 0) is 39.8 Å². The van der Waals surface area contributed by atoms with Gasteiger partial charge in [-0.05, 0) is 92.3 Å². The highest BCUT2D eigenvalue weighted by molar-refractivity contribution is 5.91. The minimum absolute atomic E-state index is 0.0190. The molecule has 18 atom stereocenters.